The first-order chi connectivity index (χ1) is 10.8. The second kappa shape index (κ2) is 5.73. The summed E-state index contributed by atoms with van der Waals surface area (Å²) in [5.74, 6) is 0. The Bertz CT molecular complexity index is 994. The molecule has 0 aromatic heterocycles. The maximum Gasteiger partial charge on any atom is 0.220 e. The maximum absolute atomic E-state index is 12.4. The van der Waals surface area contributed by atoms with Crippen molar-refractivity contribution in [1.29, 1.82) is 5.26 Å². The van der Waals surface area contributed by atoms with Gasteiger partial charge in [-0.1, -0.05) is 34.8 Å². The minimum absolute atomic E-state index is 0.00650. The summed E-state index contributed by atoms with van der Waals surface area (Å²) < 4.78 is 24.9. The first kappa shape index (κ1) is 16.2. The zero-order chi connectivity index (χ0) is 16.8. The molecule has 0 atom stereocenters. The van der Waals surface area contributed by atoms with Crippen LogP contribution >= 0.6 is 34.8 Å². The molecule has 3 rings (SSSR count). The van der Waals surface area contributed by atoms with E-state index in [-0.39, 0.29) is 9.80 Å². The van der Waals surface area contributed by atoms with Gasteiger partial charge in [-0.2, -0.15) is 5.26 Å². The fourth-order valence-electron chi connectivity index (χ4n) is 2.22. The van der Waals surface area contributed by atoms with Gasteiger partial charge in [0.25, 0.3) is 0 Å². The number of allylic oxidation sites excluding steroid dienone is 1. The molecule has 0 fully saturated rings. The lowest BCUT2D eigenvalue weighted by atomic mass is 10.2. The van der Waals surface area contributed by atoms with Crippen molar-refractivity contribution in [1.82, 2.24) is 0 Å². The van der Waals surface area contributed by atoms with E-state index in [1.54, 1.807) is 29.2 Å². The molecule has 2 aromatic rings. The summed E-state index contributed by atoms with van der Waals surface area (Å²) in [5.41, 5.74) is 0.903. The van der Waals surface area contributed by atoms with Crippen LogP contribution in [0.4, 0.5) is 11.4 Å². The summed E-state index contributed by atoms with van der Waals surface area (Å²) in [7, 11) is -3.87. The van der Waals surface area contributed by atoms with Gasteiger partial charge in [0, 0.05) is 16.9 Å². The molecule has 0 bridgehead atoms. The Kier molecular flexibility index (Phi) is 4.03. The van der Waals surface area contributed by atoms with Crippen LogP contribution in [-0.2, 0) is 9.84 Å². The van der Waals surface area contributed by atoms with E-state index in [2.05, 4.69) is 0 Å². The van der Waals surface area contributed by atoms with Gasteiger partial charge in [-0.3, -0.25) is 0 Å². The van der Waals surface area contributed by atoms with E-state index in [1.165, 1.54) is 24.4 Å². The lowest BCUT2D eigenvalue weighted by Gasteiger charge is -2.27. The number of hydrogen-bond acceptors (Lipinski definition) is 4. The van der Waals surface area contributed by atoms with E-state index >= 15 is 0 Å². The van der Waals surface area contributed by atoms with Crippen LogP contribution in [0.15, 0.2) is 52.4 Å². The molecule has 1 heterocycles. The van der Waals surface area contributed by atoms with Crippen LogP contribution in [0.25, 0.3) is 0 Å². The van der Waals surface area contributed by atoms with Crippen LogP contribution in [0.1, 0.15) is 0 Å². The molecule has 0 unspecified atom stereocenters. The van der Waals surface area contributed by atoms with Crippen molar-refractivity contribution >= 4 is 56.0 Å². The zero-order valence-corrected chi connectivity index (χ0v) is 14.4. The molecule has 1 aliphatic heterocycles. The van der Waals surface area contributed by atoms with Crippen molar-refractivity contribution in [3.8, 4) is 6.07 Å². The summed E-state index contributed by atoms with van der Waals surface area (Å²) in [6, 6.07) is 10.9. The molecule has 23 heavy (non-hydrogen) atoms. The molecule has 0 saturated carbocycles. The highest BCUT2D eigenvalue weighted by Crippen LogP contribution is 2.41. The molecule has 0 radical (unpaired) electrons. The third-order valence-corrected chi connectivity index (χ3v) is 5.97. The summed E-state index contributed by atoms with van der Waals surface area (Å²) in [5, 5.41) is 10.2. The molecule has 0 saturated heterocycles. The maximum atomic E-state index is 12.4. The van der Waals surface area contributed by atoms with Gasteiger partial charge in [0.1, 0.15) is 6.07 Å². The first-order valence-corrected chi connectivity index (χ1v) is 8.87. The number of halogens is 3. The second-order valence-electron chi connectivity index (χ2n) is 4.69. The Morgan fingerprint density at radius 1 is 1.00 bits per heavy atom. The summed E-state index contributed by atoms with van der Waals surface area (Å²) in [6.45, 7) is 0. The predicted octanol–water partition coefficient (Wildman–Crippen LogP) is 4.94. The second-order valence-corrected chi connectivity index (χ2v) is 7.83. The topological polar surface area (TPSA) is 61.2 Å². The van der Waals surface area contributed by atoms with E-state index in [4.69, 9.17) is 34.8 Å². The first-order valence-electron chi connectivity index (χ1n) is 6.25. The minimum Gasteiger partial charge on any atom is -0.314 e. The average molecular weight is 386 g/mol. The molecule has 0 aliphatic carbocycles. The van der Waals surface area contributed by atoms with Gasteiger partial charge in [0.15, 0.2) is 4.91 Å². The molecule has 1 aliphatic rings. The fraction of sp³-hybridized carbons (Fsp3) is 0. The summed E-state index contributed by atoms with van der Waals surface area (Å²) in [6.07, 6.45) is 1.24. The number of sulfone groups is 1. The van der Waals surface area contributed by atoms with Crippen molar-refractivity contribution < 1.29 is 8.42 Å². The average Bonchev–Trinajstić information content (AvgIpc) is 2.50. The molecule has 8 heteroatoms. The lowest BCUT2D eigenvalue weighted by molar-refractivity contribution is 0.602. The SMILES string of the molecule is N#CC1=CN(c2ccc(Cl)c(Cl)c2)c2cc(Cl)ccc2S1(=O)=O. The number of nitrogens with zero attached hydrogens (tertiary/aromatic N) is 2. The van der Waals surface area contributed by atoms with Crippen molar-refractivity contribution in [3.63, 3.8) is 0 Å². The minimum atomic E-state index is -3.87. The number of benzene rings is 2. The molecule has 116 valence electrons. The van der Waals surface area contributed by atoms with E-state index in [9.17, 15) is 13.7 Å². The van der Waals surface area contributed by atoms with Crippen LogP contribution in [0, 0.1) is 11.3 Å². The largest absolute Gasteiger partial charge is 0.314 e. The molecule has 0 N–H and O–H groups in total. The quantitative estimate of drug-likeness (QED) is 0.698. The number of hydrogen-bond donors (Lipinski definition) is 0. The Hall–Kier alpha value is -1.71. The van der Waals surface area contributed by atoms with Gasteiger partial charge < -0.3 is 4.90 Å². The molecule has 0 amide bonds. The smallest absolute Gasteiger partial charge is 0.220 e. The van der Waals surface area contributed by atoms with Gasteiger partial charge in [-0.15, -0.1) is 0 Å². The normalized spacial score (nSPS) is 15.6. The molecular formula is C15H7Cl3N2O2S. The zero-order valence-electron chi connectivity index (χ0n) is 11.3. The standard InChI is InChI=1S/C15H7Cl3N2O2S/c16-9-1-4-15-14(5-9)20(8-11(7-19)23(15,21)22)10-2-3-12(17)13(18)6-10/h1-6,8H. The van der Waals surface area contributed by atoms with Crippen LogP contribution in [0.2, 0.25) is 15.1 Å². The monoisotopic (exact) mass is 384 g/mol. The lowest BCUT2D eigenvalue weighted by Crippen LogP contribution is -2.21. The molecule has 0 spiro atoms. The van der Waals surface area contributed by atoms with Crippen molar-refractivity contribution in [2.75, 3.05) is 4.90 Å². The summed E-state index contributed by atoms with van der Waals surface area (Å²) >= 11 is 17.9. The van der Waals surface area contributed by atoms with Gasteiger partial charge in [0.2, 0.25) is 9.84 Å². The number of anilines is 2. The number of nitriles is 1. The molecule has 2 aromatic carbocycles. The van der Waals surface area contributed by atoms with E-state index < -0.39 is 9.84 Å². The van der Waals surface area contributed by atoms with Crippen LogP contribution in [0.3, 0.4) is 0 Å². The number of fused-ring (bicyclic) bond motifs is 1. The van der Waals surface area contributed by atoms with E-state index in [1.807, 2.05) is 0 Å². The number of rotatable bonds is 1. The van der Waals surface area contributed by atoms with Crippen LogP contribution < -0.4 is 4.90 Å². The Labute approximate surface area is 148 Å². The molecule has 4 nitrogen and oxygen atoms in total. The highest BCUT2D eigenvalue weighted by Gasteiger charge is 2.32. The van der Waals surface area contributed by atoms with E-state index in [0.29, 0.717) is 26.4 Å². The third-order valence-electron chi connectivity index (χ3n) is 3.30. The van der Waals surface area contributed by atoms with Crippen LogP contribution in [-0.4, -0.2) is 8.42 Å². The summed E-state index contributed by atoms with van der Waals surface area (Å²) in [4.78, 5) is 1.19. The Balaban J connectivity index is 2.30. The highest BCUT2D eigenvalue weighted by molar-refractivity contribution is 7.95. The van der Waals surface area contributed by atoms with Gasteiger partial charge >= 0.3 is 0 Å². The van der Waals surface area contributed by atoms with Crippen molar-refractivity contribution in [2.24, 2.45) is 0 Å². The van der Waals surface area contributed by atoms with Gasteiger partial charge in [-0.25, -0.2) is 8.42 Å². The predicted molar refractivity (Wildman–Crippen MR) is 90.9 cm³/mol. The van der Waals surface area contributed by atoms with Crippen LogP contribution in [0.5, 0.6) is 0 Å². The van der Waals surface area contributed by atoms with Gasteiger partial charge in [-0.05, 0) is 36.4 Å². The Morgan fingerprint density at radius 3 is 2.39 bits per heavy atom. The third kappa shape index (κ3) is 2.68. The Morgan fingerprint density at radius 2 is 1.74 bits per heavy atom. The molecular weight excluding hydrogens is 379 g/mol. The van der Waals surface area contributed by atoms with Crippen molar-refractivity contribution in [3.05, 3.63) is 62.6 Å². The highest BCUT2D eigenvalue weighted by atomic mass is 35.5. The van der Waals surface area contributed by atoms with Crippen molar-refractivity contribution in [2.45, 2.75) is 4.90 Å². The van der Waals surface area contributed by atoms with Gasteiger partial charge in [0.05, 0.1) is 20.6 Å². The fourth-order valence-corrected chi connectivity index (χ4v) is 3.96. The van der Waals surface area contributed by atoms with E-state index in [0.717, 1.165) is 0 Å².